The van der Waals surface area contributed by atoms with E-state index in [1.165, 1.54) is 6.92 Å². The summed E-state index contributed by atoms with van der Waals surface area (Å²) in [5.74, 6) is -1.97. The lowest BCUT2D eigenvalue weighted by molar-refractivity contribution is -0.165. The first-order valence-corrected chi connectivity index (χ1v) is 7.64. The van der Waals surface area contributed by atoms with Crippen LogP contribution in [0.3, 0.4) is 0 Å². The normalized spacial score (nSPS) is 24.7. The van der Waals surface area contributed by atoms with Crippen molar-refractivity contribution in [1.29, 1.82) is 0 Å². The molecule has 1 saturated heterocycles. The van der Waals surface area contributed by atoms with Crippen LogP contribution >= 0.6 is 0 Å². The molecule has 0 saturated carbocycles. The van der Waals surface area contributed by atoms with Gasteiger partial charge < -0.3 is 23.9 Å². The Balaban J connectivity index is 2.41. The minimum atomic E-state index is -1.18. The Bertz CT molecular complexity index is 812. The fourth-order valence-electron chi connectivity index (χ4n) is 2.60. The number of aromatic amines is 2. The van der Waals surface area contributed by atoms with Gasteiger partial charge >= 0.3 is 23.6 Å². The maximum atomic E-state index is 12.1. The van der Waals surface area contributed by atoms with Crippen molar-refractivity contribution in [3.05, 3.63) is 32.6 Å². The number of carbonyl (C=O) groups is 3. The molecule has 4 atom stereocenters. The molecule has 0 unspecified atom stereocenters. The van der Waals surface area contributed by atoms with Gasteiger partial charge in [-0.2, -0.15) is 0 Å². The van der Waals surface area contributed by atoms with E-state index in [1.807, 2.05) is 4.98 Å². The molecule has 26 heavy (non-hydrogen) atoms. The second kappa shape index (κ2) is 7.95. The maximum Gasteiger partial charge on any atom is 0.325 e. The van der Waals surface area contributed by atoms with Crippen LogP contribution < -0.4 is 11.2 Å². The highest BCUT2D eigenvalue weighted by Gasteiger charge is 2.51. The molecule has 0 bridgehead atoms. The van der Waals surface area contributed by atoms with Gasteiger partial charge in [-0.15, -0.1) is 0 Å². The van der Waals surface area contributed by atoms with Gasteiger partial charge in [0.1, 0.15) is 18.8 Å². The van der Waals surface area contributed by atoms with Crippen molar-refractivity contribution < 1.29 is 33.3 Å². The highest BCUT2D eigenvalue weighted by molar-refractivity contribution is 5.68. The van der Waals surface area contributed by atoms with Gasteiger partial charge in [0.25, 0.3) is 5.56 Å². The molecule has 0 amide bonds. The van der Waals surface area contributed by atoms with Gasteiger partial charge in [0.2, 0.25) is 0 Å². The molecule has 2 N–H and O–H groups in total. The summed E-state index contributed by atoms with van der Waals surface area (Å²) < 4.78 is 20.9. The van der Waals surface area contributed by atoms with Crippen molar-refractivity contribution in [1.82, 2.24) is 9.97 Å². The SMILES string of the molecule is CC(=O)OC[C@H]1O[C@@H](c2c[nH]c(=O)[nH]c2=O)[C@H](OC(C)=O)[C@@H]1OC(C)=O. The maximum absolute atomic E-state index is 12.1. The molecule has 0 aliphatic carbocycles. The van der Waals surface area contributed by atoms with Crippen molar-refractivity contribution in [2.24, 2.45) is 0 Å². The summed E-state index contributed by atoms with van der Waals surface area (Å²) >= 11 is 0. The molecule has 11 heteroatoms. The fourth-order valence-corrected chi connectivity index (χ4v) is 2.60. The average molecular weight is 370 g/mol. The van der Waals surface area contributed by atoms with Crippen LogP contribution in [0.25, 0.3) is 0 Å². The molecular weight excluding hydrogens is 352 g/mol. The molecule has 1 aromatic rings. The van der Waals surface area contributed by atoms with Crippen LogP contribution in [0.4, 0.5) is 0 Å². The Labute approximate surface area is 146 Å². The third-order valence-corrected chi connectivity index (χ3v) is 3.52. The quantitative estimate of drug-likeness (QED) is 0.487. The van der Waals surface area contributed by atoms with E-state index in [-0.39, 0.29) is 12.2 Å². The molecule has 2 heterocycles. The monoisotopic (exact) mass is 370 g/mol. The van der Waals surface area contributed by atoms with Crippen LogP contribution in [-0.2, 0) is 33.3 Å². The molecule has 142 valence electrons. The lowest BCUT2D eigenvalue weighted by atomic mass is 10.0. The van der Waals surface area contributed by atoms with E-state index in [0.29, 0.717) is 0 Å². The highest BCUT2D eigenvalue weighted by atomic mass is 16.6. The van der Waals surface area contributed by atoms with Crippen LogP contribution in [-0.4, -0.2) is 52.8 Å². The Morgan fingerprint density at radius 2 is 1.65 bits per heavy atom. The summed E-state index contributed by atoms with van der Waals surface area (Å²) in [6, 6.07) is 0. The van der Waals surface area contributed by atoms with Gasteiger partial charge in [-0.1, -0.05) is 0 Å². The molecule has 1 aromatic heterocycles. The van der Waals surface area contributed by atoms with Crippen LogP contribution in [0, 0.1) is 0 Å². The molecule has 1 aliphatic heterocycles. The minimum Gasteiger partial charge on any atom is -0.463 e. The van der Waals surface area contributed by atoms with Gasteiger partial charge in [-0.3, -0.25) is 24.2 Å². The van der Waals surface area contributed by atoms with Crippen molar-refractivity contribution in [2.45, 2.75) is 45.2 Å². The summed E-state index contributed by atoms with van der Waals surface area (Å²) in [5, 5.41) is 0. The zero-order valence-electron chi connectivity index (χ0n) is 14.3. The van der Waals surface area contributed by atoms with Gasteiger partial charge in [-0.05, 0) is 0 Å². The number of H-pyrrole nitrogens is 2. The van der Waals surface area contributed by atoms with E-state index >= 15 is 0 Å². The number of ether oxygens (including phenoxy) is 4. The Hall–Kier alpha value is -2.95. The van der Waals surface area contributed by atoms with E-state index in [9.17, 15) is 24.0 Å². The van der Waals surface area contributed by atoms with Crippen molar-refractivity contribution >= 4 is 17.9 Å². The molecular formula is C15H18N2O9. The molecule has 0 spiro atoms. The zero-order valence-corrected chi connectivity index (χ0v) is 14.3. The minimum absolute atomic E-state index is 0.0432. The Morgan fingerprint density at radius 3 is 2.19 bits per heavy atom. The number of esters is 3. The predicted molar refractivity (Wildman–Crippen MR) is 83.0 cm³/mol. The zero-order chi connectivity index (χ0) is 19.4. The smallest absolute Gasteiger partial charge is 0.325 e. The van der Waals surface area contributed by atoms with Gasteiger partial charge in [0.15, 0.2) is 12.2 Å². The number of rotatable bonds is 5. The van der Waals surface area contributed by atoms with E-state index < -0.39 is 53.6 Å². The third-order valence-electron chi connectivity index (χ3n) is 3.52. The third kappa shape index (κ3) is 4.57. The molecule has 1 aliphatic rings. The molecule has 11 nitrogen and oxygen atoms in total. The lowest BCUT2D eigenvalue weighted by Crippen LogP contribution is -2.40. The average Bonchev–Trinajstić information content (AvgIpc) is 2.82. The lowest BCUT2D eigenvalue weighted by Gasteiger charge is -2.23. The first kappa shape index (κ1) is 19.4. The van der Waals surface area contributed by atoms with E-state index in [0.717, 1.165) is 20.0 Å². The van der Waals surface area contributed by atoms with E-state index in [2.05, 4.69) is 4.98 Å². The van der Waals surface area contributed by atoms with Gasteiger partial charge in [0.05, 0.1) is 5.56 Å². The topological polar surface area (TPSA) is 154 Å². The number of nitrogens with one attached hydrogen (secondary N) is 2. The summed E-state index contributed by atoms with van der Waals surface area (Å²) in [6.45, 7) is 3.18. The first-order chi connectivity index (χ1) is 12.2. The number of hydrogen-bond acceptors (Lipinski definition) is 9. The van der Waals surface area contributed by atoms with Crippen molar-refractivity contribution in [3.8, 4) is 0 Å². The van der Waals surface area contributed by atoms with Gasteiger partial charge in [-0.25, -0.2) is 4.79 Å². The van der Waals surface area contributed by atoms with E-state index in [1.54, 1.807) is 0 Å². The Morgan fingerprint density at radius 1 is 1.04 bits per heavy atom. The number of hydrogen-bond donors (Lipinski definition) is 2. The van der Waals surface area contributed by atoms with Gasteiger partial charge in [0, 0.05) is 27.0 Å². The van der Waals surface area contributed by atoms with Crippen LogP contribution in [0.2, 0.25) is 0 Å². The standard InChI is InChI=1S/C15H18N2O9/c1-6(18)23-5-10-12(24-7(2)19)13(25-8(3)20)11(26-10)9-4-16-15(22)17-14(9)21/h4,10-13H,5H2,1-3H3,(H2,16,17,21,22)/t10-,11+,12-,13+/m1/s1. The van der Waals surface area contributed by atoms with Crippen LogP contribution in [0.5, 0.6) is 0 Å². The molecule has 1 fully saturated rings. The van der Waals surface area contributed by atoms with Crippen LogP contribution in [0.1, 0.15) is 32.4 Å². The van der Waals surface area contributed by atoms with E-state index in [4.69, 9.17) is 18.9 Å². The largest absolute Gasteiger partial charge is 0.463 e. The molecule has 0 aromatic carbocycles. The Kier molecular flexibility index (Phi) is 5.93. The number of aromatic nitrogens is 2. The summed E-state index contributed by atoms with van der Waals surface area (Å²) in [7, 11) is 0. The molecule has 2 rings (SSSR count). The first-order valence-electron chi connectivity index (χ1n) is 7.64. The predicted octanol–water partition coefficient (Wildman–Crippen LogP) is -1.07. The van der Waals surface area contributed by atoms with Crippen molar-refractivity contribution in [2.75, 3.05) is 6.61 Å². The summed E-state index contributed by atoms with van der Waals surface area (Å²) in [5.41, 5.74) is -1.53. The summed E-state index contributed by atoms with van der Waals surface area (Å²) in [4.78, 5) is 61.6. The van der Waals surface area contributed by atoms with Crippen LogP contribution in [0.15, 0.2) is 15.8 Å². The second-order valence-electron chi connectivity index (χ2n) is 5.57. The summed E-state index contributed by atoms with van der Waals surface area (Å²) in [6.07, 6.45) is -3.31. The molecule has 0 radical (unpaired) electrons. The second-order valence-corrected chi connectivity index (χ2v) is 5.57. The van der Waals surface area contributed by atoms with Crippen molar-refractivity contribution in [3.63, 3.8) is 0 Å². The number of carbonyl (C=O) groups excluding carboxylic acids is 3. The highest BCUT2D eigenvalue weighted by Crippen LogP contribution is 2.36. The fraction of sp³-hybridized carbons (Fsp3) is 0.533.